The molecule has 2 aromatic carbocycles. The van der Waals surface area contributed by atoms with Gasteiger partial charge in [-0.2, -0.15) is 0 Å². The van der Waals surface area contributed by atoms with Gasteiger partial charge in [0.1, 0.15) is 0 Å². The molecule has 2 rings (SSSR count). The summed E-state index contributed by atoms with van der Waals surface area (Å²) in [6.07, 6.45) is 0. The van der Waals surface area contributed by atoms with Crippen molar-refractivity contribution in [3.05, 3.63) is 65.0 Å². The van der Waals surface area contributed by atoms with Crippen LogP contribution in [0.5, 0.6) is 0 Å². The molecule has 0 saturated carbocycles. The van der Waals surface area contributed by atoms with Gasteiger partial charge in [0.25, 0.3) is 0 Å². The molecule has 0 radical (unpaired) electrons. The molecule has 2 aromatic rings. The number of benzene rings is 2. The molecular weight excluding hydrogens is 344 g/mol. The Bertz CT molecular complexity index is 643. The van der Waals surface area contributed by atoms with E-state index in [-0.39, 0.29) is 4.61 Å². The number of halogens is 5. The van der Waals surface area contributed by atoms with Gasteiger partial charge in [0.2, 0.25) is 0 Å². The molecule has 7 heteroatoms. The van der Waals surface area contributed by atoms with Crippen LogP contribution in [0.1, 0.15) is 5.56 Å². The molecule has 0 heterocycles. The van der Waals surface area contributed by atoms with E-state index < -0.39 is 48.5 Å². The first kappa shape index (κ1) is 14.7. The molecule has 104 valence electrons. The summed E-state index contributed by atoms with van der Waals surface area (Å²) in [5.41, 5.74) is 0.372. The van der Waals surface area contributed by atoms with Crippen molar-refractivity contribution in [3.63, 3.8) is 0 Å². The van der Waals surface area contributed by atoms with Crippen molar-refractivity contribution in [2.75, 3.05) is 0 Å². The summed E-state index contributed by atoms with van der Waals surface area (Å²) < 4.78 is 64.8. The zero-order valence-electron chi connectivity index (χ0n) is 9.68. The van der Waals surface area contributed by atoms with E-state index in [2.05, 4.69) is 0 Å². The van der Waals surface area contributed by atoms with Crippen LogP contribution >= 0.6 is 0 Å². The van der Waals surface area contributed by atoms with Crippen LogP contribution in [0.4, 0.5) is 22.0 Å². The fourth-order valence-corrected chi connectivity index (χ4v) is 3.14. The quantitative estimate of drug-likeness (QED) is 0.289. The maximum atomic E-state index is 13.5. The van der Waals surface area contributed by atoms with E-state index in [0.29, 0.717) is 5.56 Å². The number of hydrogen-bond acceptors (Lipinski definition) is 1. The average Bonchev–Trinajstić information content (AvgIpc) is 2.48. The number of rotatable bonds is 3. The fourth-order valence-electron chi connectivity index (χ4n) is 1.42. The third kappa shape index (κ3) is 2.59. The van der Waals surface area contributed by atoms with Crippen LogP contribution in [-0.2, 0) is 0 Å². The Morgan fingerprint density at radius 2 is 1.20 bits per heavy atom. The molecule has 0 saturated heterocycles. The van der Waals surface area contributed by atoms with Gasteiger partial charge >= 0.3 is 116 Å². The van der Waals surface area contributed by atoms with Crippen LogP contribution in [0, 0.1) is 34.5 Å². The van der Waals surface area contributed by atoms with Crippen molar-refractivity contribution >= 4 is 24.0 Å². The summed E-state index contributed by atoms with van der Waals surface area (Å²) in [5, 5.41) is 7.71. The Hall–Kier alpha value is -1.72. The van der Waals surface area contributed by atoms with E-state index in [4.69, 9.17) is 5.41 Å². The van der Waals surface area contributed by atoms with E-state index in [9.17, 15) is 22.0 Å². The molecule has 1 N–H and O–H groups in total. The van der Waals surface area contributed by atoms with Crippen LogP contribution in [0.25, 0.3) is 0 Å². The maximum absolute atomic E-state index is 13.5. The SMILES string of the molecule is N=C([Se]c1c(F)c(F)c(F)c(F)c1F)c1ccccc1. The summed E-state index contributed by atoms with van der Waals surface area (Å²) in [4.78, 5) is 0. The minimum atomic E-state index is -2.19. The first-order valence-corrected chi connectivity index (χ1v) is 6.98. The molecule has 0 spiro atoms. The number of nitrogens with one attached hydrogen (secondary N) is 1. The summed E-state index contributed by atoms with van der Waals surface area (Å²) >= 11 is -1.33. The van der Waals surface area contributed by atoms with Gasteiger partial charge in [-0.15, -0.1) is 0 Å². The van der Waals surface area contributed by atoms with Gasteiger partial charge in [-0.25, -0.2) is 0 Å². The third-order valence-electron chi connectivity index (χ3n) is 2.41. The number of hydrogen-bond donors (Lipinski definition) is 1. The second-order valence-corrected chi connectivity index (χ2v) is 5.84. The van der Waals surface area contributed by atoms with Crippen LogP contribution in [0.15, 0.2) is 30.3 Å². The van der Waals surface area contributed by atoms with Crippen molar-refractivity contribution in [2.24, 2.45) is 0 Å². The Labute approximate surface area is 117 Å². The van der Waals surface area contributed by atoms with E-state index in [0.717, 1.165) is 0 Å². The molecule has 20 heavy (non-hydrogen) atoms. The zero-order valence-corrected chi connectivity index (χ0v) is 11.4. The van der Waals surface area contributed by atoms with Gasteiger partial charge in [-0.1, -0.05) is 0 Å². The molecule has 0 aliphatic carbocycles. The van der Waals surface area contributed by atoms with Crippen LogP contribution in [-0.4, -0.2) is 19.6 Å². The van der Waals surface area contributed by atoms with Gasteiger partial charge < -0.3 is 0 Å². The van der Waals surface area contributed by atoms with Crippen molar-refractivity contribution in [2.45, 2.75) is 0 Å². The van der Waals surface area contributed by atoms with E-state index in [1.807, 2.05) is 0 Å². The first-order chi connectivity index (χ1) is 9.43. The van der Waals surface area contributed by atoms with Crippen LogP contribution in [0.3, 0.4) is 0 Å². The molecule has 0 aliphatic heterocycles. The average molecular weight is 350 g/mol. The van der Waals surface area contributed by atoms with Gasteiger partial charge in [-0.05, 0) is 0 Å². The molecule has 0 amide bonds. The zero-order chi connectivity index (χ0) is 14.9. The van der Waals surface area contributed by atoms with E-state index >= 15 is 0 Å². The normalized spacial score (nSPS) is 10.7. The minimum absolute atomic E-state index is 0.179. The van der Waals surface area contributed by atoms with Gasteiger partial charge in [0, 0.05) is 0 Å². The fraction of sp³-hybridized carbons (Fsp3) is 0. The monoisotopic (exact) mass is 351 g/mol. The Morgan fingerprint density at radius 3 is 1.70 bits per heavy atom. The summed E-state index contributed by atoms with van der Waals surface area (Å²) in [5.74, 6) is -9.90. The van der Waals surface area contributed by atoms with E-state index in [1.165, 1.54) is 12.1 Å². The summed E-state index contributed by atoms with van der Waals surface area (Å²) in [6.45, 7) is 0. The Kier molecular flexibility index (Phi) is 4.20. The van der Waals surface area contributed by atoms with Crippen molar-refractivity contribution < 1.29 is 22.0 Å². The predicted molar refractivity (Wildman–Crippen MR) is 64.9 cm³/mol. The van der Waals surface area contributed by atoms with Gasteiger partial charge in [0.15, 0.2) is 0 Å². The Balaban J connectivity index is 2.43. The van der Waals surface area contributed by atoms with Crippen molar-refractivity contribution in [3.8, 4) is 0 Å². The third-order valence-corrected chi connectivity index (χ3v) is 4.51. The van der Waals surface area contributed by atoms with Gasteiger partial charge in [-0.3, -0.25) is 0 Å². The molecular formula is C13H6F5NSe. The van der Waals surface area contributed by atoms with Crippen LogP contribution in [0.2, 0.25) is 0 Å². The van der Waals surface area contributed by atoms with Crippen molar-refractivity contribution in [1.82, 2.24) is 0 Å². The summed E-state index contributed by atoms with van der Waals surface area (Å²) in [7, 11) is 0. The van der Waals surface area contributed by atoms with Crippen molar-refractivity contribution in [1.29, 1.82) is 5.41 Å². The molecule has 0 aromatic heterocycles. The van der Waals surface area contributed by atoms with Crippen LogP contribution < -0.4 is 4.46 Å². The summed E-state index contributed by atoms with van der Waals surface area (Å²) in [6, 6.07) is 7.95. The first-order valence-electron chi connectivity index (χ1n) is 5.26. The predicted octanol–water partition coefficient (Wildman–Crippen LogP) is 2.74. The molecule has 0 bridgehead atoms. The molecule has 1 nitrogen and oxygen atoms in total. The topological polar surface area (TPSA) is 23.9 Å². The second-order valence-electron chi connectivity index (χ2n) is 3.70. The Morgan fingerprint density at radius 1 is 0.750 bits per heavy atom. The standard InChI is InChI=1S/C13H6F5NSe/c14-7-8(15)10(17)12(11(18)9(7)16)20-13(19)6-4-2-1-3-5-6/h1-5,19H. The van der Waals surface area contributed by atoms with E-state index in [1.54, 1.807) is 18.2 Å². The molecule has 0 unspecified atom stereocenters. The second kappa shape index (κ2) is 5.73. The molecule has 0 fully saturated rings. The molecule has 0 atom stereocenters. The molecule has 0 aliphatic rings. The van der Waals surface area contributed by atoms with Gasteiger partial charge in [0.05, 0.1) is 0 Å².